The molecule has 0 saturated carbocycles. The van der Waals surface area contributed by atoms with Gasteiger partial charge in [-0.05, 0) is 42.8 Å². The predicted octanol–water partition coefficient (Wildman–Crippen LogP) is 3.11. The summed E-state index contributed by atoms with van der Waals surface area (Å²) in [6, 6.07) is 9.71. The first kappa shape index (κ1) is 17.4. The van der Waals surface area contributed by atoms with Gasteiger partial charge in [-0.2, -0.15) is 0 Å². The zero-order valence-electron chi connectivity index (χ0n) is 14.3. The number of fused-ring (bicyclic) bond motifs is 1. The van der Waals surface area contributed by atoms with Gasteiger partial charge in [0.2, 0.25) is 0 Å². The van der Waals surface area contributed by atoms with Gasteiger partial charge in [-0.1, -0.05) is 29.4 Å². The Bertz CT molecular complexity index is 1150. The normalized spacial score (nSPS) is 16.3. The molecule has 0 amide bonds. The van der Waals surface area contributed by atoms with Gasteiger partial charge in [-0.25, -0.2) is 0 Å². The zero-order valence-corrected chi connectivity index (χ0v) is 16.7. The van der Waals surface area contributed by atoms with Gasteiger partial charge >= 0.3 is 0 Å². The molecule has 26 heavy (non-hydrogen) atoms. The van der Waals surface area contributed by atoms with Crippen molar-refractivity contribution in [2.75, 3.05) is 11.9 Å². The van der Waals surface area contributed by atoms with Gasteiger partial charge in [0, 0.05) is 26.0 Å². The van der Waals surface area contributed by atoms with E-state index in [0.717, 1.165) is 30.4 Å². The SMILES string of the molecule is CCn1c(=O)/c(=C2\Sc3c(Cl)cccc3N2C)s/c1=C\c1ccncc1. The first-order chi connectivity index (χ1) is 12.6. The van der Waals surface area contributed by atoms with Crippen molar-refractivity contribution in [1.82, 2.24) is 9.55 Å². The molecule has 1 aliphatic rings. The van der Waals surface area contributed by atoms with E-state index in [1.165, 1.54) is 11.3 Å². The standard InChI is InChI=1S/C19H16ClN3OS2/c1-3-23-15(11-12-7-9-21-10-8-12)25-17(18(23)24)19-22(2)14-6-4-5-13(20)16(14)26-19/h4-11H,3H2,1-2H3/b15-11-,19-17+. The number of anilines is 1. The Hall–Kier alpha value is -2.02. The summed E-state index contributed by atoms with van der Waals surface area (Å²) < 4.78 is 3.49. The lowest BCUT2D eigenvalue weighted by molar-refractivity contribution is 0.722. The van der Waals surface area contributed by atoms with Crippen molar-refractivity contribution in [2.45, 2.75) is 18.4 Å². The molecule has 0 saturated heterocycles. The Morgan fingerprint density at radius 3 is 2.69 bits per heavy atom. The maximum Gasteiger partial charge on any atom is 0.271 e. The minimum Gasteiger partial charge on any atom is -0.337 e. The molecule has 4 rings (SSSR count). The van der Waals surface area contributed by atoms with Crippen LogP contribution in [-0.4, -0.2) is 16.6 Å². The van der Waals surface area contributed by atoms with Gasteiger partial charge in [-0.15, -0.1) is 11.3 Å². The van der Waals surface area contributed by atoms with Crippen molar-refractivity contribution in [3.8, 4) is 0 Å². The molecule has 0 aliphatic carbocycles. The molecule has 0 fully saturated rings. The third kappa shape index (κ3) is 2.88. The topological polar surface area (TPSA) is 38.1 Å². The van der Waals surface area contributed by atoms with Crippen molar-refractivity contribution < 1.29 is 0 Å². The second-order valence-electron chi connectivity index (χ2n) is 5.80. The van der Waals surface area contributed by atoms with Crippen molar-refractivity contribution >= 4 is 51.5 Å². The highest BCUT2D eigenvalue weighted by Gasteiger charge is 2.26. The number of thioether (sulfide) groups is 1. The van der Waals surface area contributed by atoms with Crippen LogP contribution in [0.3, 0.4) is 0 Å². The van der Waals surface area contributed by atoms with Crippen molar-refractivity contribution in [3.05, 3.63) is 72.9 Å². The van der Waals surface area contributed by atoms with Crippen molar-refractivity contribution in [3.63, 3.8) is 0 Å². The third-order valence-electron chi connectivity index (χ3n) is 4.23. The molecule has 3 aromatic rings. The minimum absolute atomic E-state index is 0.0380. The van der Waals surface area contributed by atoms with E-state index in [9.17, 15) is 4.79 Å². The van der Waals surface area contributed by atoms with Crippen LogP contribution in [-0.2, 0) is 6.54 Å². The van der Waals surface area contributed by atoms with Crippen LogP contribution in [0, 0.1) is 0 Å². The van der Waals surface area contributed by atoms with Crippen LogP contribution in [0.25, 0.3) is 11.1 Å². The number of rotatable bonds is 2. The fourth-order valence-electron chi connectivity index (χ4n) is 2.91. The maximum atomic E-state index is 13.0. The lowest BCUT2D eigenvalue weighted by Gasteiger charge is -2.12. The van der Waals surface area contributed by atoms with E-state index in [-0.39, 0.29) is 5.56 Å². The first-order valence-electron chi connectivity index (χ1n) is 8.16. The molecule has 7 heteroatoms. The summed E-state index contributed by atoms with van der Waals surface area (Å²) in [5.74, 6) is 0. The average Bonchev–Trinajstić information content (AvgIpc) is 3.14. The second-order valence-corrected chi connectivity index (χ2v) is 8.23. The quantitative estimate of drug-likeness (QED) is 0.661. The van der Waals surface area contributed by atoms with E-state index < -0.39 is 0 Å². The maximum absolute atomic E-state index is 13.0. The zero-order chi connectivity index (χ0) is 18.3. The molecule has 0 spiro atoms. The number of pyridine rings is 1. The number of aromatic nitrogens is 2. The molecular weight excluding hydrogens is 386 g/mol. The number of thiazole rings is 1. The third-order valence-corrected chi connectivity index (χ3v) is 7.21. The number of halogens is 1. The van der Waals surface area contributed by atoms with Gasteiger partial charge < -0.3 is 4.90 Å². The molecule has 0 unspecified atom stereocenters. The van der Waals surface area contributed by atoms with Crippen LogP contribution in [0.1, 0.15) is 12.5 Å². The summed E-state index contributed by atoms with van der Waals surface area (Å²) in [6.45, 7) is 2.62. The predicted molar refractivity (Wildman–Crippen MR) is 110 cm³/mol. The summed E-state index contributed by atoms with van der Waals surface area (Å²) in [5, 5.41) is 1.64. The Labute approximate surface area is 164 Å². The largest absolute Gasteiger partial charge is 0.337 e. The summed E-state index contributed by atoms with van der Waals surface area (Å²) in [5.41, 5.74) is 2.10. The molecule has 0 atom stereocenters. The van der Waals surface area contributed by atoms with Gasteiger partial charge in [0.1, 0.15) is 9.56 Å². The molecule has 4 nitrogen and oxygen atoms in total. The first-order valence-corrected chi connectivity index (χ1v) is 10.2. The van der Waals surface area contributed by atoms with Crippen molar-refractivity contribution in [1.29, 1.82) is 0 Å². The summed E-state index contributed by atoms with van der Waals surface area (Å²) >= 11 is 9.42. The minimum atomic E-state index is 0.0380. The van der Waals surface area contributed by atoms with Crippen LogP contribution in [0.2, 0.25) is 5.02 Å². The van der Waals surface area contributed by atoms with E-state index >= 15 is 0 Å². The molecule has 1 aliphatic heterocycles. The highest BCUT2D eigenvalue weighted by molar-refractivity contribution is 8.08. The van der Waals surface area contributed by atoms with Crippen LogP contribution < -0.4 is 19.7 Å². The Kier molecular flexibility index (Phi) is 4.65. The van der Waals surface area contributed by atoms with Gasteiger partial charge in [0.25, 0.3) is 5.56 Å². The summed E-state index contributed by atoms with van der Waals surface area (Å²) in [7, 11) is 1.98. The summed E-state index contributed by atoms with van der Waals surface area (Å²) in [4.78, 5) is 20.1. The van der Waals surface area contributed by atoms with E-state index in [2.05, 4.69) is 9.88 Å². The van der Waals surface area contributed by atoms with Gasteiger partial charge in [-0.3, -0.25) is 14.3 Å². The van der Waals surface area contributed by atoms with Crippen LogP contribution in [0.4, 0.5) is 5.69 Å². The smallest absolute Gasteiger partial charge is 0.271 e. The highest BCUT2D eigenvalue weighted by Crippen LogP contribution is 2.48. The molecular formula is C19H16ClN3OS2. The number of nitrogens with zero attached hydrogens (tertiary/aromatic N) is 3. The van der Waals surface area contributed by atoms with Crippen LogP contribution in [0.5, 0.6) is 0 Å². The Morgan fingerprint density at radius 2 is 2.00 bits per heavy atom. The van der Waals surface area contributed by atoms with E-state index in [4.69, 9.17) is 11.6 Å². The summed E-state index contributed by atoms with van der Waals surface area (Å²) in [6.07, 6.45) is 5.53. The molecule has 132 valence electrons. The second kappa shape index (κ2) is 6.95. The molecule has 1 aromatic carbocycles. The molecule has 3 heterocycles. The van der Waals surface area contributed by atoms with E-state index in [1.807, 2.05) is 54.9 Å². The fraction of sp³-hybridized carbons (Fsp3) is 0.158. The van der Waals surface area contributed by atoms with Gasteiger partial charge in [0.15, 0.2) is 0 Å². The monoisotopic (exact) mass is 401 g/mol. The fourth-order valence-corrected chi connectivity index (χ4v) is 5.67. The van der Waals surface area contributed by atoms with Gasteiger partial charge in [0.05, 0.1) is 20.3 Å². The number of hydrogen-bond acceptors (Lipinski definition) is 5. The number of hydrogen-bond donors (Lipinski definition) is 0. The molecule has 0 N–H and O–H groups in total. The molecule has 0 radical (unpaired) electrons. The Morgan fingerprint density at radius 1 is 1.23 bits per heavy atom. The lowest BCUT2D eigenvalue weighted by atomic mass is 10.3. The average molecular weight is 402 g/mol. The van der Waals surface area contributed by atoms with Crippen LogP contribution >= 0.6 is 34.7 Å². The molecule has 2 aromatic heterocycles. The Balaban J connectivity index is 1.95. The molecule has 0 bridgehead atoms. The highest BCUT2D eigenvalue weighted by atomic mass is 35.5. The van der Waals surface area contributed by atoms with E-state index in [1.54, 1.807) is 24.2 Å². The van der Waals surface area contributed by atoms with Crippen LogP contribution in [0.15, 0.2) is 52.4 Å². The lowest BCUT2D eigenvalue weighted by Crippen LogP contribution is -2.33. The number of benzene rings is 1. The van der Waals surface area contributed by atoms with E-state index in [0.29, 0.717) is 11.6 Å². The van der Waals surface area contributed by atoms with Crippen molar-refractivity contribution in [2.24, 2.45) is 0 Å².